The van der Waals surface area contributed by atoms with E-state index in [2.05, 4.69) is 24.1 Å². The topological polar surface area (TPSA) is 24.5 Å². The molecule has 0 radical (unpaired) electrons. The third-order valence-electron chi connectivity index (χ3n) is 2.91. The van der Waals surface area contributed by atoms with Gasteiger partial charge in [0.1, 0.15) is 0 Å². The summed E-state index contributed by atoms with van der Waals surface area (Å²) >= 11 is 0. The van der Waals surface area contributed by atoms with Gasteiger partial charge in [0.05, 0.1) is 6.61 Å². The standard InChI is InChI=1S/C13H30N2O/c1-5-7-9-15(10-8-6-2)11-13(14-3)12-16-4/h13-14H,5-12H2,1-4H3. The van der Waals surface area contributed by atoms with Crippen molar-refractivity contribution >= 4 is 0 Å². The summed E-state index contributed by atoms with van der Waals surface area (Å²) in [6, 6.07) is 0.457. The fourth-order valence-corrected chi connectivity index (χ4v) is 1.80. The Morgan fingerprint density at radius 2 is 1.69 bits per heavy atom. The van der Waals surface area contributed by atoms with Gasteiger partial charge in [0.25, 0.3) is 0 Å². The largest absolute Gasteiger partial charge is 0.383 e. The molecular weight excluding hydrogens is 200 g/mol. The van der Waals surface area contributed by atoms with Crippen molar-refractivity contribution in [1.82, 2.24) is 10.2 Å². The predicted molar refractivity (Wildman–Crippen MR) is 71.0 cm³/mol. The maximum atomic E-state index is 5.22. The second kappa shape index (κ2) is 11.4. The molecule has 16 heavy (non-hydrogen) atoms. The number of hydrogen-bond donors (Lipinski definition) is 1. The molecule has 1 N–H and O–H groups in total. The van der Waals surface area contributed by atoms with Crippen LogP contribution in [0.15, 0.2) is 0 Å². The molecule has 0 fully saturated rings. The lowest BCUT2D eigenvalue weighted by Gasteiger charge is -2.26. The van der Waals surface area contributed by atoms with E-state index in [1.54, 1.807) is 7.11 Å². The zero-order chi connectivity index (χ0) is 12.2. The molecule has 0 aromatic carbocycles. The Balaban J connectivity index is 3.94. The highest BCUT2D eigenvalue weighted by atomic mass is 16.5. The number of methoxy groups -OCH3 is 1. The van der Waals surface area contributed by atoms with Crippen LogP contribution in [0, 0.1) is 0 Å². The summed E-state index contributed by atoms with van der Waals surface area (Å²) in [5.41, 5.74) is 0. The Morgan fingerprint density at radius 1 is 1.12 bits per heavy atom. The van der Waals surface area contributed by atoms with Crippen LogP contribution in [0.4, 0.5) is 0 Å². The van der Waals surface area contributed by atoms with Gasteiger partial charge in [-0.3, -0.25) is 0 Å². The van der Waals surface area contributed by atoms with E-state index >= 15 is 0 Å². The molecule has 3 nitrogen and oxygen atoms in total. The van der Waals surface area contributed by atoms with Crippen LogP contribution >= 0.6 is 0 Å². The third-order valence-corrected chi connectivity index (χ3v) is 2.91. The predicted octanol–water partition coefficient (Wildman–Crippen LogP) is 2.12. The van der Waals surface area contributed by atoms with Gasteiger partial charge in [-0.2, -0.15) is 0 Å². The molecule has 0 saturated carbocycles. The molecule has 1 atom stereocenters. The van der Waals surface area contributed by atoms with E-state index in [1.165, 1.54) is 38.8 Å². The zero-order valence-corrected chi connectivity index (χ0v) is 11.6. The molecule has 0 amide bonds. The van der Waals surface area contributed by atoms with Crippen molar-refractivity contribution < 1.29 is 4.74 Å². The van der Waals surface area contributed by atoms with Crippen molar-refractivity contribution in [2.24, 2.45) is 0 Å². The van der Waals surface area contributed by atoms with E-state index in [4.69, 9.17) is 4.74 Å². The fourth-order valence-electron chi connectivity index (χ4n) is 1.80. The maximum absolute atomic E-state index is 5.22. The molecular formula is C13H30N2O. The van der Waals surface area contributed by atoms with Crippen LogP contribution in [-0.2, 0) is 4.74 Å². The SMILES string of the molecule is CCCCN(CCCC)CC(COC)NC. The van der Waals surface area contributed by atoms with Crippen LogP contribution in [0.25, 0.3) is 0 Å². The second-order valence-electron chi connectivity index (χ2n) is 4.45. The molecule has 0 aliphatic carbocycles. The van der Waals surface area contributed by atoms with Gasteiger partial charge in [-0.05, 0) is 33.0 Å². The van der Waals surface area contributed by atoms with E-state index in [-0.39, 0.29) is 0 Å². The first-order valence-electron chi connectivity index (χ1n) is 6.66. The van der Waals surface area contributed by atoms with Gasteiger partial charge < -0.3 is 15.0 Å². The van der Waals surface area contributed by atoms with Crippen LogP contribution in [-0.4, -0.2) is 51.3 Å². The van der Waals surface area contributed by atoms with Crippen molar-refractivity contribution in [1.29, 1.82) is 0 Å². The maximum Gasteiger partial charge on any atom is 0.0628 e. The number of unbranched alkanes of at least 4 members (excludes halogenated alkanes) is 2. The first-order valence-corrected chi connectivity index (χ1v) is 6.66. The third kappa shape index (κ3) is 8.08. The Kier molecular flexibility index (Phi) is 11.3. The molecule has 0 aliphatic heterocycles. The molecule has 0 aromatic heterocycles. The molecule has 0 aromatic rings. The van der Waals surface area contributed by atoms with Gasteiger partial charge in [-0.1, -0.05) is 26.7 Å². The van der Waals surface area contributed by atoms with Gasteiger partial charge in [0.15, 0.2) is 0 Å². The molecule has 98 valence electrons. The average Bonchev–Trinajstić information content (AvgIpc) is 2.31. The highest BCUT2D eigenvalue weighted by molar-refractivity contribution is 4.70. The minimum atomic E-state index is 0.457. The smallest absolute Gasteiger partial charge is 0.0628 e. The number of rotatable bonds is 11. The van der Waals surface area contributed by atoms with Crippen molar-refractivity contribution in [3.8, 4) is 0 Å². The molecule has 0 heterocycles. The van der Waals surface area contributed by atoms with E-state index < -0.39 is 0 Å². The molecule has 3 heteroatoms. The Bertz CT molecular complexity index is 134. The van der Waals surface area contributed by atoms with Crippen LogP contribution in [0.5, 0.6) is 0 Å². The molecule has 0 saturated heterocycles. The monoisotopic (exact) mass is 230 g/mol. The molecule has 1 unspecified atom stereocenters. The Morgan fingerprint density at radius 3 is 2.06 bits per heavy atom. The van der Waals surface area contributed by atoms with Crippen LogP contribution < -0.4 is 5.32 Å². The highest BCUT2D eigenvalue weighted by Crippen LogP contribution is 2.01. The Labute approximate surface area is 102 Å². The second-order valence-corrected chi connectivity index (χ2v) is 4.45. The van der Waals surface area contributed by atoms with Gasteiger partial charge in [-0.15, -0.1) is 0 Å². The highest BCUT2D eigenvalue weighted by Gasteiger charge is 2.11. The number of ether oxygens (including phenoxy) is 1. The van der Waals surface area contributed by atoms with Gasteiger partial charge in [0, 0.05) is 19.7 Å². The normalized spacial score (nSPS) is 13.3. The van der Waals surface area contributed by atoms with Crippen molar-refractivity contribution in [3.05, 3.63) is 0 Å². The summed E-state index contributed by atoms with van der Waals surface area (Å²) in [5.74, 6) is 0. The van der Waals surface area contributed by atoms with E-state index in [9.17, 15) is 0 Å². The lowest BCUT2D eigenvalue weighted by atomic mass is 10.2. The minimum Gasteiger partial charge on any atom is -0.383 e. The number of likely N-dealkylation sites (N-methyl/N-ethyl adjacent to an activating group) is 1. The average molecular weight is 230 g/mol. The van der Waals surface area contributed by atoms with Crippen LogP contribution in [0.3, 0.4) is 0 Å². The zero-order valence-electron chi connectivity index (χ0n) is 11.6. The molecule has 0 bridgehead atoms. The summed E-state index contributed by atoms with van der Waals surface area (Å²) in [7, 11) is 3.79. The quantitative estimate of drug-likeness (QED) is 0.588. The van der Waals surface area contributed by atoms with Gasteiger partial charge >= 0.3 is 0 Å². The van der Waals surface area contributed by atoms with Crippen molar-refractivity contribution in [2.45, 2.75) is 45.6 Å². The minimum absolute atomic E-state index is 0.457. The van der Waals surface area contributed by atoms with Gasteiger partial charge in [-0.25, -0.2) is 0 Å². The first-order chi connectivity index (χ1) is 7.78. The molecule has 0 aliphatic rings. The van der Waals surface area contributed by atoms with Gasteiger partial charge in [0.2, 0.25) is 0 Å². The van der Waals surface area contributed by atoms with Crippen LogP contribution in [0.1, 0.15) is 39.5 Å². The molecule has 0 spiro atoms. The Hall–Kier alpha value is -0.120. The van der Waals surface area contributed by atoms with E-state index in [0.717, 1.165) is 13.2 Å². The summed E-state index contributed by atoms with van der Waals surface area (Å²) in [6.07, 6.45) is 5.15. The number of nitrogens with zero attached hydrogens (tertiary/aromatic N) is 1. The summed E-state index contributed by atoms with van der Waals surface area (Å²) in [5, 5.41) is 3.32. The lowest BCUT2D eigenvalue weighted by Crippen LogP contribution is -2.43. The molecule has 0 rings (SSSR count). The fraction of sp³-hybridized carbons (Fsp3) is 1.00. The van der Waals surface area contributed by atoms with Crippen molar-refractivity contribution in [3.63, 3.8) is 0 Å². The van der Waals surface area contributed by atoms with Crippen LogP contribution in [0.2, 0.25) is 0 Å². The summed E-state index contributed by atoms with van der Waals surface area (Å²) < 4.78 is 5.22. The first kappa shape index (κ1) is 15.9. The summed E-state index contributed by atoms with van der Waals surface area (Å²) in [4.78, 5) is 2.56. The van der Waals surface area contributed by atoms with E-state index in [1.807, 2.05) is 7.05 Å². The van der Waals surface area contributed by atoms with Crippen molar-refractivity contribution in [2.75, 3.05) is 40.4 Å². The number of nitrogens with one attached hydrogen (secondary N) is 1. The summed E-state index contributed by atoms with van der Waals surface area (Å²) in [6.45, 7) is 8.85. The number of hydrogen-bond acceptors (Lipinski definition) is 3. The van der Waals surface area contributed by atoms with E-state index in [0.29, 0.717) is 6.04 Å². The lowest BCUT2D eigenvalue weighted by molar-refractivity contribution is 0.140.